The van der Waals surface area contributed by atoms with Gasteiger partial charge in [0.1, 0.15) is 11.6 Å². The SMILES string of the molecule is COC(=O)c1ccc(C(=O)c2c(O)cccc2F)cc1. The van der Waals surface area contributed by atoms with E-state index in [2.05, 4.69) is 4.74 Å². The predicted octanol–water partition coefficient (Wildman–Crippen LogP) is 2.55. The van der Waals surface area contributed by atoms with Crippen molar-refractivity contribution in [1.29, 1.82) is 0 Å². The fraction of sp³-hybridized carbons (Fsp3) is 0.0667. The third kappa shape index (κ3) is 2.51. The Labute approximate surface area is 114 Å². The maximum Gasteiger partial charge on any atom is 0.337 e. The third-order valence-corrected chi connectivity index (χ3v) is 2.79. The molecule has 102 valence electrons. The quantitative estimate of drug-likeness (QED) is 0.690. The van der Waals surface area contributed by atoms with E-state index in [1.54, 1.807) is 0 Å². The molecule has 2 aromatic carbocycles. The number of phenolic OH excluding ortho intramolecular Hbond substituents is 1. The molecule has 0 atom stereocenters. The summed E-state index contributed by atoms with van der Waals surface area (Å²) in [6, 6.07) is 9.19. The van der Waals surface area contributed by atoms with E-state index in [9.17, 15) is 19.1 Å². The highest BCUT2D eigenvalue weighted by atomic mass is 19.1. The Hall–Kier alpha value is -2.69. The summed E-state index contributed by atoms with van der Waals surface area (Å²) in [5.41, 5.74) is 0.0539. The summed E-state index contributed by atoms with van der Waals surface area (Å²) in [6.07, 6.45) is 0. The Morgan fingerprint density at radius 3 is 2.20 bits per heavy atom. The molecular weight excluding hydrogens is 263 g/mol. The topological polar surface area (TPSA) is 63.6 Å². The van der Waals surface area contributed by atoms with Crippen molar-refractivity contribution in [2.45, 2.75) is 0 Å². The van der Waals surface area contributed by atoms with E-state index >= 15 is 0 Å². The predicted molar refractivity (Wildman–Crippen MR) is 69.3 cm³/mol. The summed E-state index contributed by atoms with van der Waals surface area (Å²) < 4.78 is 18.1. The first-order valence-corrected chi connectivity index (χ1v) is 5.75. The van der Waals surface area contributed by atoms with Crippen molar-refractivity contribution in [1.82, 2.24) is 0 Å². The number of halogens is 1. The number of aromatic hydroxyl groups is 1. The van der Waals surface area contributed by atoms with Crippen LogP contribution in [0, 0.1) is 5.82 Å². The Kier molecular flexibility index (Phi) is 3.79. The molecule has 0 heterocycles. The number of rotatable bonds is 3. The minimum atomic E-state index is -0.799. The summed E-state index contributed by atoms with van der Waals surface area (Å²) in [7, 11) is 1.25. The first-order valence-electron chi connectivity index (χ1n) is 5.75. The lowest BCUT2D eigenvalue weighted by molar-refractivity contribution is 0.0600. The molecule has 0 fully saturated rings. The molecule has 0 aromatic heterocycles. The summed E-state index contributed by atoms with van der Waals surface area (Å²) in [5, 5.41) is 9.57. The van der Waals surface area contributed by atoms with Gasteiger partial charge in [-0.1, -0.05) is 18.2 Å². The van der Waals surface area contributed by atoms with Crippen molar-refractivity contribution in [3.05, 3.63) is 65.0 Å². The van der Waals surface area contributed by atoms with Gasteiger partial charge in [0.2, 0.25) is 0 Å². The number of ketones is 1. The van der Waals surface area contributed by atoms with Crippen LogP contribution in [0.15, 0.2) is 42.5 Å². The molecule has 5 heteroatoms. The second-order valence-corrected chi connectivity index (χ2v) is 4.03. The molecule has 0 aliphatic heterocycles. The summed E-state index contributed by atoms with van der Waals surface area (Å²) in [4.78, 5) is 23.4. The molecule has 2 aromatic rings. The van der Waals surface area contributed by atoms with Crippen molar-refractivity contribution in [2.24, 2.45) is 0 Å². The van der Waals surface area contributed by atoms with Gasteiger partial charge in [-0.15, -0.1) is 0 Å². The zero-order valence-electron chi connectivity index (χ0n) is 10.6. The van der Waals surface area contributed by atoms with E-state index < -0.39 is 28.9 Å². The van der Waals surface area contributed by atoms with Crippen LogP contribution in [-0.4, -0.2) is 24.0 Å². The molecule has 0 amide bonds. The van der Waals surface area contributed by atoms with Gasteiger partial charge < -0.3 is 9.84 Å². The standard InChI is InChI=1S/C15H11FO4/c1-20-15(19)10-7-5-9(6-8-10)14(18)13-11(16)3-2-4-12(13)17/h2-8,17H,1H3. The molecular formula is C15H11FO4. The van der Waals surface area contributed by atoms with Gasteiger partial charge in [0.05, 0.1) is 18.2 Å². The lowest BCUT2D eigenvalue weighted by atomic mass is 10.0. The molecule has 0 aliphatic carbocycles. The normalized spacial score (nSPS) is 10.1. The van der Waals surface area contributed by atoms with Crippen LogP contribution in [0.5, 0.6) is 5.75 Å². The van der Waals surface area contributed by atoms with Crippen LogP contribution in [0.25, 0.3) is 0 Å². The number of ether oxygens (including phenoxy) is 1. The van der Waals surface area contributed by atoms with Gasteiger partial charge in [-0.2, -0.15) is 0 Å². The Bertz CT molecular complexity index is 642. The van der Waals surface area contributed by atoms with Gasteiger partial charge in [-0.25, -0.2) is 9.18 Å². The average Bonchev–Trinajstić information content (AvgIpc) is 2.46. The van der Waals surface area contributed by atoms with E-state index in [4.69, 9.17) is 0 Å². The van der Waals surface area contributed by atoms with Gasteiger partial charge in [-0.3, -0.25) is 4.79 Å². The molecule has 0 spiro atoms. The summed E-state index contributed by atoms with van der Waals surface area (Å²) in [6.45, 7) is 0. The highest BCUT2D eigenvalue weighted by Crippen LogP contribution is 2.23. The van der Waals surface area contributed by atoms with Crippen LogP contribution in [0.3, 0.4) is 0 Å². The zero-order chi connectivity index (χ0) is 14.7. The molecule has 4 nitrogen and oxygen atoms in total. The summed E-state index contributed by atoms with van der Waals surface area (Å²) >= 11 is 0. The number of benzene rings is 2. The molecule has 0 saturated carbocycles. The molecule has 0 aliphatic rings. The third-order valence-electron chi connectivity index (χ3n) is 2.79. The monoisotopic (exact) mass is 274 g/mol. The fourth-order valence-electron chi connectivity index (χ4n) is 1.76. The number of carbonyl (C=O) groups excluding carboxylic acids is 2. The highest BCUT2D eigenvalue weighted by Gasteiger charge is 2.18. The van der Waals surface area contributed by atoms with E-state index in [0.29, 0.717) is 0 Å². The van der Waals surface area contributed by atoms with E-state index in [1.165, 1.54) is 43.5 Å². The fourth-order valence-corrected chi connectivity index (χ4v) is 1.76. The minimum absolute atomic E-state index is 0.165. The van der Waals surface area contributed by atoms with Crippen LogP contribution in [0.4, 0.5) is 4.39 Å². The molecule has 0 bridgehead atoms. The minimum Gasteiger partial charge on any atom is -0.507 e. The van der Waals surface area contributed by atoms with Crippen molar-refractivity contribution in [2.75, 3.05) is 7.11 Å². The van der Waals surface area contributed by atoms with E-state index in [-0.39, 0.29) is 11.1 Å². The highest BCUT2D eigenvalue weighted by molar-refractivity contribution is 6.11. The lowest BCUT2D eigenvalue weighted by Gasteiger charge is -2.06. The Morgan fingerprint density at radius 2 is 1.65 bits per heavy atom. The number of esters is 1. The average molecular weight is 274 g/mol. The first-order chi connectivity index (χ1) is 9.54. The van der Waals surface area contributed by atoms with E-state index in [0.717, 1.165) is 6.07 Å². The molecule has 0 radical (unpaired) electrons. The maximum absolute atomic E-state index is 13.6. The first kappa shape index (κ1) is 13.7. The van der Waals surface area contributed by atoms with Crippen LogP contribution in [0.1, 0.15) is 26.3 Å². The molecule has 0 unspecified atom stereocenters. The van der Waals surface area contributed by atoms with E-state index in [1.807, 2.05) is 0 Å². The summed E-state index contributed by atoms with van der Waals surface area (Å²) in [5.74, 6) is -2.41. The van der Waals surface area contributed by atoms with Crippen LogP contribution >= 0.6 is 0 Å². The smallest absolute Gasteiger partial charge is 0.337 e. The Morgan fingerprint density at radius 1 is 1.05 bits per heavy atom. The van der Waals surface area contributed by atoms with Crippen molar-refractivity contribution >= 4 is 11.8 Å². The van der Waals surface area contributed by atoms with Gasteiger partial charge in [0, 0.05) is 5.56 Å². The van der Waals surface area contributed by atoms with Crippen molar-refractivity contribution < 1.29 is 23.8 Å². The molecule has 1 N–H and O–H groups in total. The number of carbonyl (C=O) groups is 2. The number of hydrogen-bond acceptors (Lipinski definition) is 4. The number of methoxy groups -OCH3 is 1. The number of hydrogen-bond donors (Lipinski definition) is 1. The van der Waals surface area contributed by atoms with Crippen LogP contribution < -0.4 is 0 Å². The second kappa shape index (κ2) is 5.52. The molecule has 2 rings (SSSR count). The second-order valence-electron chi connectivity index (χ2n) is 4.03. The van der Waals surface area contributed by atoms with Gasteiger partial charge >= 0.3 is 5.97 Å². The van der Waals surface area contributed by atoms with Crippen molar-refractivity contribution in [3.63, 3.8) is 0 Å². The maximum atomic E-state index is 13.6. The zero-order valence-corrected chi connectivity index (χ0v) is 10.6. The molecule has 20 heavy (non-hydrogen) atoms. The Balaban J connectivity index is 2.37. The van der Waals surface area contributed by atoms with Gasteiger partial charge in [-0.05, 0) is 24.3 Å². The lowest BCUT2D eigenvalue weighted by Crippen LogP contribution is -2.06. The van der Waals surface area contributed by atoms with Crippen molar-refractivity contribution in [3.8, 4) is 5.75 Å². The van der Waals surface area contributed by atoms with Crippen LogP contribution in [-0.2, 0) is 4.74 Å². The van der Waals surface area contributed by atoms with Crippen LogP contribution in [0.2, 0.25) is 0 Å². The largest absolute Gasteiger partial charge is 0.507 e. The van der Waals surface area contributed by atoms with Gasteiger partial charge in [0.25, 0.3) is 0 Å². The number of phenols is 1. The van der Waals surface area contributed by atoms with Gasteiger partial charge in [0.15, 0.2) is 5.78 Å². The molecule has 0 saturated heterocycles.